The molecule has 0 spiro atoms. The standard InChI is InChI=1S/C39H72O2Si2/c1-28(2)16-15-17-29(27-40-42(11,12)36(3,4)5)33-20-21-34-32-19-18-30-26-31(41-43(13,14)37(6,7)8)22-24-38(30,9)35(32)23-25-39(33,34)10/h15-16,18,28-29,31-35H,17,19-27H2,1-14H3/b16-15+/t29-,31-,32-,33+,34-,35-,38-,39+/m0/s1. The molecule has 4 rings (SSSR count). The van der Waals surface area contributed by atoms with Crippen molar-refractivity contribution >= 4 is 16.6 Å². The van der Waals surface area contributed by atoms with Crippen LogP contribution in [0.2, 0.25) is 36.3 Å². The molecule has 0 aliphatic heterocycles. The van der Waals surface area contributed by atoms with Gasteiger partial charge in [-0.2, -0.15) is 0 Å². The van der Waals surface area contributed by atoms with E-state index in [1.54, 1.807) is 5.57 Å². The topological polar surface area (TPSA) is 18.5 Å². The van der Waals surface area contributed by atoms with Crippen molar-refractivity contribution in [3.05, 3.63) is 23.8 Å². The molecule has 0 heterocycles. The predicted octanol–water partition coefficient (Wildman–Crippen LogP) is 12.2. The van der Waals surface area contributed by atoms with Gasteiger partial charge in [-0.05, 0) is 140 Å². The Hall–Kier alpha value is -0.166. The number of allylic oxidation sites excluding steroid dienone is 3. The lowest BCUT2D eigenvalue weighted by Gasteiger charge is -2.59. The fourth-order valence-corrected chi connectivity index (χ4v) is 12.0. The summed E-state index contributed by atoms with van der Waals surface area (Å²) < 4.78 is 14.0. The van der Waals surface area contributed by atoms with Gasteiger partial charge < -0.3 is 8.85 Å². The molecule has 0 bridgehead atoms. The summed E-state index contributed by atoms with van der Waals surface area (Å²) in [7, 11) is -3.52. The van der Waals surface area contributed by atoms with E-state index in [1.807, 2.05) is 0 Å². The van der Waals surface area contributed by atoms with E-state index in [1.165, 1.54) is 57.8 Å². The van der Waals surface area contributed by atoms with Crippen LogP contribution >= 0.6 is 0 Å². The highest BCUT2D eigenvalue weighted by atomic mass is 28.4. The Labute approximate surface area is 270 Å². The van der Waals surface area contributed by atoms with E-state index in [0.717, 1.165) is 30.3 Å². The highest BCUT2D eigenvalue weighted by Crippen LogP contribution is 2.67. The summed E-state index contributed by atoms with van der Waals surface area (Å²) in [6, 6.07) is 0. The van der Waals surface area contributed by atoms with E-state index in [9.17, 15) is 0 Å². The average Bonchev–Trinajstić information content (AvgIpc) is 3.21. The van der Waals surface area contributed by atoms with Crippen molar-refractivity contribution in [3.63, 3.8) is 0 Å². The van der Waals surface area contributed by atoms with Gasteiger partial charge in [0, 0.05) is 12.7 Å². The third kappa shape index (κ3) is 7.08. The van der Waals surface area contributed by atoms with Crippen LogP contribution in [0.4, 0.5) is 0 Å². The zero-order chi connectivity index (χ0) is 32.2. The molecule has 0 aromatic heterocycles. The van der Waals surface area contributed by atoms with E-state index < -0.39 is 16.6 Å². The summed E-state index contributed by atoms with van der Waals surface area (Å²) in [4.78, 5) is 0. The zero-order valence-corrected chi connectivity index (χ0v) is 33.2. The second-order valence-corrected chi connectivity index (χ2v) is 29.0. The second-order valence-electron chi connectivity index (χ2n) is 19.5. The van der Waals surface area contributed by atoms with Crippen LogP contribution in [0.25, 0.3) is 0 Å². The molecule has 43 heavy (non-hydrogen) atoms. The van der Waals surface area contributed by atoms with Crippen molar-refractivity contribution in [3.8, 4) is 0 Å². The third-order valence-corrected chi connectivity index (χ3v) is 23.4. The molecule has 0 radical (unpaired) electrons. The molecule has 4 heteroatoms. The SMILES string of the molecule is CC(C)/C=C/C[C@@H](CO[Si](C)(C)C(C)(C)C)[C@H]1CC[C@H]2[C@@H]3CC=C4C[C@@H](O[Si](C)(C)C(C)(C)C)CC[C@]4(C)[C@H]3CC[C@]12C. The highest BCUT2D eigenvalue weighted by molar-refractivity contribution is 6.74. The monoisotopic (exact) mass is 629 g/mol. The minimum Gasteiger partial charge on any atom is -0.417 e. The van der Waals surface area contributed by atoms with Gasteiger partial charge in [0.25, 0.3) is 0 Å². The van der Waals surface area contributed by atoms with Crippen LogP contribution in [-0.2, 0) is 8.85 Å². The maximum Gasteiger partial charge on any atom is 0.192 e. The minimum atomic E-state index is -1.78. The number of hydrogen-bond donors (Lipinski definition) is 0. The lowest BCUT2D eigenvalue weighted by molar-refractivity contribution is -0.0600. The molecular formula is C39H72O2Si2. The van der Waals surface area contributed by atoms with Crippen molar-refractivity contribution in [2.24, 2.45) is 46.3 Å². The normalized spacial score (nSPS) is 36.3. The molecule has 4 aliphatic carbocycles. The fraction of sp³-hybridized carbons (Fsp3) is 0.897. The maximum atomic E-state index is 7.00. The van der Waals surface area contributed by atoms with Crippen molar-refractivity contribution < 1.29 is 8.85 Å². The Morgan fingerprint density at radius 2 is 1.53 bits per heavy atom. The Morgan fingerprint density at radius 1 is 0.884 bits per heavy atom. The first kappa shape index (κ1) is 35.7. The van der Waals surface area contributed by atoms with E-state index in [4.69, 9.17) is 8.85 Å². The van der Waals surface area contributed by atoms with Crippen LogP contribution in [0.5, 0.6) is 0 Å². The summed E-state index contributed by atoms with van der Waals surface area (Å²) in [6.07, 6.45) is 20.1. The highest BCUT2D eigenvalue weighted by Gasteiger charge is 2.60. The van der Waals surface area contributed by atoms with Crippen molar-refractivity contribution in [1.29, 1.82) is 0 Å². The molecular weight excluding hydrogens is 557 g/mol. The van der Waals surface area contributed by atoms with Crippen LogP contribution in [0.1, 0.15) is 127 Å². The van der Waals surface area contributed by atoms with Gasteiger partial charge in [-0.25, -0.2) is 0 Å². The Bertz CT molecular complexity index is 1030. The molecule has 0 amide bonds. The third-order valence-electron chi connectivity index (χ3n) is 14.4. The van der Waals surface area contributed by atoms with Gasteiger partial charge in [0.2, 0.25) is 0 Å². The summed E-state index contributed by atoms with van der Waals surface area (Å²) in [5.74, 6) is 4.65. The summed E-state index contributed by atoms with van der Waals surface area (Å²) in [5.41, 5.74) is 2.61. The molecule has 3 saturated carbocycles. The molecule has 0 aromatic carbocycles. The quantitative estimate of drug-likeness (QED) is 0.187. The van der Waals surface area contributed by atoms with E-state index in [2.05, 4.69) is 114 Å². The molecule has 0 saturated heterocycles. The number of hydrogen-bond acceptors (Lipinski definition) is 2. The molecule has 2 nitrogen and oxygen atoms in total. The lowest BCUT2D eigenvalue weighted by atomic mass is 9.47. The lowest BCUT2D eigenvalue weighted by Crippen LogP contribution is -2.52. The van der Waals surface area contributed by atoms with Gasteiger partial charge in [0.15, 0.2) is 16.6 Å². The Kier molecular flexibility index (Phi) is 10.3. The molecule has 248 valence electrons. The molecule has 0 aromatic rings. The van der Waals surface area contributed by atoms with Gasteiger partial charge in [-0.3, -0.25) is 0 Å². The van der Waals surface area contributed by atoms with Gasteiger partial charge in [0.05, 0.1) is 0 Å². The summed E-state index contributed by atoms with van der Waals surface area (Å²) in [5, 5.41) is 0.548. The Balaban J connectivity index is 1.52. The van der Waals surface area contributed by atoms with Crippen LogP contribution < -0.4 is 0 Å². The molecule has 4 aliphatic rings. The van der Waals surface area contributed by atoms with Crippen molar-refractivity contribution in [1.82, 2.24) is 0 Å². The minimum absolute atomic E-state index is 0.266. The number of fused-ring (bicyclic) bond motifs is 5. The van der Waals surface area contributed by atoms with Crippen molar-refractivity contribution in [2.75, 3.05) is 6.61 Å². The van der Waals surface area contributed by atoms with Crippen molar-refractivity contribution in [2.45, 2.75) is 169 Å². The fourth-order valence-electron chi connectivity index (χ4n) is 9.54. The van der Waals surface area contributed by atoms with Crippen LogP contribution in [-0.4, -0.2) is 29.3 Å². The Morgan fingerprint density at radius 3 is 2.14 bits per heavy atom. The van der Waals surface area contributed by atoms with E-state index >= 15 is 0 Å². The van der Waals surface area contributed by atoms with E-state index in [-0.39, 0.29) is 10.1 Å². The van der Waals surface area contributed by atoms with Crippen LogP contribution in [0, 0.1) is 46.3 Å². The van der Waals surface area contributed by atoms with Gasteiger partial charge in [0.1, 0.15) is 0 Å². The second kappa shape index (κ2) is 12.5. The van der Waals surface area contributed by atoms with Crippen LogP contribution in [0.3, 0.4) is 0 Å². The maximum absolute atomic E-state index is 7.00. The molecule has 0 N–H and O–H groups in total. The first-order valence-electron chi connectivity index (χ1n) is 18.3. The summed E-state index contributed by atoms with van der Waals surface area (Å²) >= 11 is 0. The van der Waals surface area contributed by atoms with Gasteiger partial charge in [-0.15, -0.1) is 0 Å². The zero-order valence-electron chi connectivity index (χ0n) is 31.2. The van der Waals surface area contributed by atoms with Crippen LogP contribution in [0.15, 0.2) is 23.8 Å². The predicted molar refractivity (Wildman–Crippen MR) is 192 cm³/mol. The van der Waals surface area contributed by atoms with Gasteiger partial charge in [-0.1, -0.05) is 93.0 Å². The summed E-state index contributed by atoms with van der Waals surface area (Å²) in [6.45, 7) is 35.0. The average molecular weight is 629 g/mol. The molecule has 8 atom stereocenters. The largest absolute Gasteiger partial charge is 0.417 e. The molecule has 3 fully saturated rings. The molecule has 0 unspecified atom stereocenters. The first-order chi connectivity index (χ1) is 19.6. The first-order valence-corrected chi connectivity index (χ1v) is 24.1. The van der Waals surface area contributed by atoms with Gasteiger partial charge >= 0.3 is 0 Å². The number of rotatable bonds is 9. The smallest absolute Gasteiger partial charge is 0.192 e. The van der Waals surface area contributed by atoms with E-state index in [0.29, 0.717) is 28.8 Å².